The highest BCUT2D eigenvalue weighted by Gasteiger charge is 2.30. The number of hydrogen-bond donors (Lipinski definition) is 2. The monoisotopic (exact) mass is 367 g/mol. The van der Waals surface area contributed by atoms with Crippen LogP contribution in [0.25, 0.3) is 0 Å². The number of rotatable bonds is 5. The summed E-state index contributed by atoms with van der Waals surface area (Å²) in [6, 6.07) is 3.17. The molecule has 0 aliphatic rings. The van der Waals surface area contributed by atoms with Gasteiger partial charge in [-0.05, 0) is 32.0 Å². The molecule has 6 nitrogen and oxygen atoms in total. The fourth-order valence-electron chi connectivity index (χ4n) is 1.55. The maximum atomic E-state index is 13.8. The standard InChI is InChI=1S/C11H15BrFN3O3S/c1-7(2)16(6-11(14)15-17)20(18,19)10-4-3-8(12)5-9(10)13/h3-5,7,17H,6H2,1-2H3,(H2,14,15). The average molecular weight is 368 g/mol. The molecule has 0 aliphatic carbocycles. The van der Waals surface area contributed by atoms with Gasteiger partial charge < -0.3 is 10.9 Å². The van der Waals surface area contributed by atoms with E-state index in [0.717, 1.165) is 16.4 Å². The van der Waals surface area contributed by atoms with Crippen LogP contribution < -0.4 is 5.73 Å². The largest absolute Gasteiger partial charge is 0.409 e. The molecule has 0 atom stereocenters. The van der Waals surface area contributed by atoms with Gasteiger partial charge >= 0.3 is 0 Å². The second kappa shape index (κ2) is 6.51. The lowest BCUT2D eigenvalue weighted by atomic mass is 10.3. The number of hydrogen-bond acceptors (Lipinski definition) is 4. The minimum Gasteiger partial charge on any atom is -0.409 e. The van der Waals surface area contributed by atoms with Crippen LogP contribution in [-0.4, -0.2) is 36.4 Å². The second-order valence-corrected chi connectivity index (χ2v) is 7.08. The van der Waals surface area contributed by atoms with Crippen molar-refractivity contribution >= 4 is 31.8 Å². The van der Waals surface area contributed by atoms with Crippen molar-refractivity contribution in [2.75, 3.05) is 6.54 Å². The van der Waals surface area contributed by atoms with E-state index in [-0.39, 0.29) is 12.4 Å². The summed E-state index contributed by atoms with van der Waals surface area (Å²) in [5.41, 5.74) is 5.34. The molecule has 0 heterocycles. The lowest BCUT2D eigenvalue weighted by molar-refractivity contribution is 0.312. The molecule has 0 radical (unpaired) electrons. The van der Waals surface area contributed by atoms with E-state index in [1.54, 1.807) is 13.8 Å². The van der Waals surface area contributed by atoms with E-state index in [0.29, 0.717) is 4.47 Å². The van der Waals surface area contributed by atoms with Crippen molar-refractivity contribution < 1.29 is 18.0 Å². The summed E-state index contributed by atoms with van der Waals surface area (Å²) in [4.78, 5) is -0.458. The molecule has 1 rings (SSSR count). The Morgan fingerprint density at radius 1 is 1.55 bits per heavy atom. The number of halogens is 2. The molecule has 0 saturated heterocycles. The maximum absolute atomic E-state index is 13.8. The van der Waals surface area contributed by atoms with E-state index >= 15 is 0 Å². The van der Waals surface area contributed by atoms with Gasteiger partial charge in [-0.25, -0.2) is 12.8 Å². The Labute approximate surface area is 125 Å². The van der Waals surface area contributed by atoms with E-state index in [9.17, 15) is 12.8 Å². The number of amidine groups is 1. The molecular weight excluding hydrogens is 353 g/mol. The highest BCUT2D eigenvalue weighted by atomic mass is 79.9. The maximum Gasteiger partial charge on any atom is 0.246 e. The fourth-order valence-corrected chi connectivity index (χ4v) is 3.54. The first-order valence-corrected chi connectivity index (χ1v) is 7.86. The zero-order valence-electron chi connectivity index (χ0n) is 10.9. The SMILES string of the molecule is CC(C)N(C/C(N)=N/O)S(=O)(=O)c1ccc(Br)cc1F. The molecule has 0 unspecified atom stereocenters. The van der Waals surface area contributed by atoms with Crippen molar-refractivity contribution in [3.63, 3.8) is 0 Å². The summed E-state index contributed by atoms with van der Waals surface area (Å²) >= 11 is 3.06. The van der Waals surface area contributed by atoms with Crippen molar-refractivity contribution in [3.05, 3.63) is 28.5 Å². The Bertz CT molecular complexity index is 619. The predicted octanol–water partition coefficient (Wildman–Crippen LogP) is 1.73. The van der Waals surface area contributed by atoms with Gasteiger partial charge in [0.15, 0.2) is 5.84 Å². The lowest BCUT2D eigenvalue weighted by Crippen LogP contribution is -2.43. The van der Waals surface area contributed by atoms with Crippen LogP contribution in [0.5, 0.6) is 0 Å². The first-order chi connectivity index (χ1) is 9.20. The lowest BCUT2D eigenvalue weighted by Gasteiger charge is -2.25. The second-order valence-electron chi connectivity index (χ2n) is 4.31. The van der Waals surface area contributed by atoms with Gasteiger partial charge in [-0.15, -0.1) is 0 Å². The minimum atomic E-state index is -4.09. The molecule has 1 aromatic carbocycles. The van der Waals surface area contributed by atoms with Crippen LogP contribution in [0.15, 0.2) is 32.7 Å². The van der Waals surface area contributed by atoms with E-state index in [4.69, 9.17) is 10.9 Å². The Kier molecular flexibility index (Phi) is 5.49. The Morgan fingerprint density at radius 3 is 2.60 bits per heavy atom. The number of nitrogens with zero attached hydrogens (tertiary/aromatic N) is 2. The third-order valence-electron chi connectivity index (χ3n) is 2.50. The van der Waals surface area contributed by atoms with Crippen LogP contribution in [0.2, 0.25) is 0 Å². The van der Waals surface area contributed by atoms with Crippen LogP contribution in [0.3, 0.4) is 0 Å². The van der Waals surface area contributed by atoms with Gasteiger partial charge in [0.25, 0.3) is 0 Å². The number of oxime groups is 1. The molecule has 0 amide bonds. The predicted molar refractivity (Wildman–Crippen MR) is 76.5 cm³/mol. The van der Waals surface area contributed by atoms with E-state index in [2.05, 4.69) is 21.1 Å². The van der Waals surface area contributed by atoms with Crippen LogP contribution in [0, 0.1) is 5.82 Å². The average Bonchev–Trinajstić information content (AvgIpc) is 2.34. The van der Waals surface area contributed by atoms with Crippen LogP contribution >= 0.6 is 15.9 Å². The van der Waals surface area contributed by atoms with E-state index in [1.807, 2.05) is 0 Å². The molecule has 0 aliphatic heterocycles. The molecular formula is C11H15BrFN3O3S. The summed E-state index contributed by atoms with van der Waals surface area (Å²) < 4.78 is 40.1. The molecule has 9 heteroatoms. The first kappa shape index (κ1) is 16.9. The molecule has 0 spiro atoms. The smallest absolute Gasteiger partial charge is 0.246 e. The van der Waals surface area contributed by atoms with Crippen molar-refractivity contribution in [1.82, 2.24) is 4.31 Å². The fraction of sp³-hybridized carbons (Fsp3) is 0.364. The molecule has 3 N–H and O–H groups in total. The Balaban J connectivity index is 3.30. The number of benzene rings is 1. The zero-order chi connectivity index (χ0) is 15.5. The minimum absolute atomic E-state index is 0.278. The van der Waals surface area contributed by atoms with E-state index < -0.39 is 26.8 Å². The van der Waals surface area contributed by atoms with E-state index in [1.165, 1.54) is 6.07 Å². The summed E-state index contributed by atoms with van der Waals surface area (Å²) in [6.07, 6.45) is 0. The first-order valence-electron chi connectivity index (χ1n) is 5.63. The number of sulfonamides is 1. The quantitative estimate of drug-likeness (QED) is 0.358. The molecule has 20 heavy (non-hydrogen) atoms. The third-order valence-corrected chi connectivity index (χ3v) is 5.05. The summed E-state index contributed by atoms with van der Waals surface area (Å²) in [7, 11) is -4.09. The van der Waals surface area contributed by atoms with Crippen molar-refractivity contribution in [2.24, 2.45) is 10.9 Å². The number of nitrogens with two attached hydrogens (primary N) is 1. The van der Waals surface area contributed by atoms with Crippen molar-refractivity contribution in [3.8, 4) is 0 Å². The molecule has 0 aromatic heterocycles. The Hall–Kier alpha value is -1.19. The highest BCUT2D eigenvalue weighted by molar-refractivity contribution is 9.10. The Morgan fingerprint density at radius 2 is 2.15 bits per heavy atom. The van der Waals surface area contributed by atoms with Gasteiger partial charge in [-0.1, -0.05) is 21.1 Å². The van der Waals surface area contributed by atoms with Gasteiger partial charge in [-0.2, -0.15) is 4.31 Å². The molecule has 0 fully saturated rings. The molecule has 112 valence electrons. The van der Waals surface area contributed by atoms with Gasteiger partial charge in [0, 0.05) is 10.5 Å². The summed E-state index contributed by atoms with van der Waals surface area (Å²) in [5, 5.41) is 11.3. The van der Waals surface area contributed by atoms with Gasteiger partial charge in [0.2, 0.25) is 10.0 Å². The topological polar surface area (TPSA) is 96.0 Å². The summed E-state index contributed by atoms with van der Waals surface area (Å²) in [6.45, 7) is 2.89. The summed E-state index contributed by atoms with van der Waals surface area (Å²) in [5.74, 6) is -1.15. The van der Waals surface area contributed by atoms with Gasteiger partial charge in [-0.3, -0.25) is 0 Å². The van der Waals surface area contributed by atoms with Crippen LogP contribution in [0.4, 0.5) is 4.39 Å². The van der Waals surface area contributed by atoms with Gasteiger partial charge in [0.05, 0.1) is 6.54 Å². The molecule has 0 bridgehead atoms. The van der Waals surface area contributed by atoms with Crippen LogP contribution in [-0.2, 0) is 10.0 Å². The molecule has 1 aromatic rings. The van der Waals surface area contributed by atoms with Crippen molar-refractivity contribution in [1.29, 1.82) is 0 Å². The molecule has 0 saturated carbocycles. The van der Waals surface area contributed by atoms with Gasteiger partial charge in [0.1, 0.15) is 10.7 Å². The van der Waals surface area contributed by atoms with Crippen molar-refractivity contribution in [2.45, 2.75) is 24.8 Å². The zero-order valence-corrected chi connectivity index (χ0v) is 13.3. The normalized spacial score (nSPS) is 13.2. The van der Waals surface area contributed by atoms with Crippen LogP contribution in [0.1, 0.15) is 13.8 Å². The highest BCUT2D eigenvalue weighted by Crippen LogP contribution is 2.23. The third kappa shape index (κ3) is 3.68.